The van der Waals surface area contributed by atoms with Crippen LogP contribution in [0.2, 0.25) is 0 Å². The summed E-state index contributed by atoms with van der Waals surface area (Å²) >= 11 is 0. The highest BCUT2D eigenvalue weighted by atomic mass is 16.5. The van der Waals surface area contributed by atoms with Gasteiger partial charge in [-0.3, -0.25) is 0 Å². The van der Waals surface area contributed by atoms with Crippen molar-refractivity contribution in [1.29, 1.82) is 0 Å². The van der Waals surface area contributed by atoms with E-state index in [4.69, 9.17) is 10.5 Å². The molecule has 74 valence electrons. The minimum absolute atomic E-state index is 0.437. The largest absolute Gasteiger partial charge is 0.399 e. The zero-order valence-corrected chi connectivity index (χ0v) is 7.90. The van der Waals surface area contributed by atoms with Crippen LogP contribution in [0.4, 0.5) is 5.69 Å². The Morgan fingerprint density at radius 2 is 2.07 bits per heavy atom. The maximum atomic E-state index is 11.1. The first-order chi connectivity index (χ1) is 6.77. The topological polar surface area (TPSA) is 52.3 Å². The predicted octanol–water partition coefficient (Wildman–Crippen LogP) is 1.13. The maximum Gasteiger partial charge on any atom is 0.132 e. The standard InChI is InChI=1S/C11H13NO2/c12-10-3-1-9(2-4-10)11(7-13)5-6-14-8-11/h1-4,7H,5-6,8,12H2. The van der Waals surface area contributed by atoms with Crippen LogP contribution in [-0.4, -0.2) is 19.5 Å². The van der Waals surface area contributed by atoms with E-state index in [-0.39, 0.29) is 0 Å². The van der Waals surface area contributed by atoms with Crippen LogP contribution in [0.1, 0.15) is 12.0 Å². The number of hydrogen-bond donors (Lipinski definition) is 1. The highest BCUT2D eigenvalue weighted by Crippen LogP contribution is 2.31. The molecule has 1 aliphatic heterocycles. The first-order valence-electron chi connectivity index (χ1n) is 4.67. The number of carbonyl (C=O) groups is 1. The molecule has 1 unspecified atom stereocenters. The van der Waals surface area contributed by atoms with E-state index in [0.717, 1.165) is 18.3 Å². The lowest BCUT2D eigenvalue weighted by Gasteiger charge is -2.20. The van der Waals surface area contributed by atoms with Gasteiger partial charge in [0.05, 0.1) is 12.0 Å². The van der Waals surface area contributed by atoms with Gasteiger partial charge in [-0.2, -0.15) is 0 Å². The van der Waals surface area contributed by atoms with Gasteiger partial charge < -0.3 is 15.3 Å². The molecular weight excluding hydrogens is 178 g/mol. The summed E-state index contributed by atoms with van der Waals surface area (Å²) in [6, 6.07) is 7.44. The third-order valence-corrected chi connectivity index (χ3v) is 2.76. The van der Waals surface area contributed by atoms with Crippen LogP contribution in [0.5, 0.6) is 0 Å². The highest BCUT2D eigenvalue weighted by molar-refractivity contribution is 5.69. The predicted molar refractivity (Wildman–Crippen MR) is 54.0 cm³/mol. The SMILES string of the molecule is Nc1ccc(C2(C=O)CCOC2)cc1. The van der Waals surface area contributed by atoms with Gasteiger partial charge in [0.15, 0.2) is 0 Å². The third-order valence-electron chi connectivity index (χ3n) is 2.76. The van der Waals surface area contributed by atoms with Gasteiger partial charge in [-0.1, -0.05) is 12.1 Å². The molecule has 1 atom stereocenters. The number of rotatable bonds is 2. The molecule has 0 bridgehead atoms. The van der Waals surface area contributed by atoms with Crippen LogP contribution >= 0.6 is 0 Å². The molecule has 2 N–H and O–H groups in total. The Bertz CT molecular complexity index is 326. The Hall–Kier alpha value is -1.35. The zero-order valence-electron chi connectivity index (χ0n) is 7.90. The summed E-state index contributed by atoms with van der Waals surface area (Å²) in [6.07, 6.45) is 1.76. The number of anilines is 1. The quantitative estimate of drug-likeness (QED) is 0.563. The molecule has 14 heavy (non-hydrogen) atoms. The summed E-state index contributed by atoms with van der Waals surface area (Å²) < 4.78 is 5.27. The molecule has 0 amide bonds. The van der Waals surface area contributed by atoms with Crippen molar-refractivity contribution in [2.75, 3.05) is 18.9 Å². The number of nitrogens with two attached hydrogens (primary N) is 1. The van der Waals surface area contributed by atoms with E-state index in [1.54, 1.807) is 0 Å². The van der Waals surface area contributed by atoms with Crippen LogP contribution in [0.15, 0.2) is 24.3 Å². The highest BCUT2D eigenvalue weighted by Gasteiger charge is 2.36. The minimum Gasteiger partial charge on any atom is -0.399 e. The molecule has 3 nitrogen and oxygen atoms in total. The summed E-state index contributed by atoms with van der Waals surface area (Å²) in [5.41, 5.74) is 6.87. The Kier molecular flexibility index (Phi) is 2.25. The molecule has 0 aromatic heterocycles. The molecule has 0 aliphatic carbocycles. The third kappa shape index (κ3) is 1.40. The van der Waals surface area contributed by atoms with Crippen molar-refractivity contribution in [3.05, 3.63) is 29.8 Å². The van der Waals surface area contributed by atoms with Crippen LogP contribution < -0.4 is 5.73 Å². The van der Waals surface area contributed by atoms with Gasteiger partial charge in [-0.25, -0.2) is 0 Å². The van der Waals surface area contributed by atoms with Crippen molar-refractivity contribution < 1.29 is 9.53 Å². The van der Waals surface area contributed by atoms with Crippen molar-refractivity contribution >= 4 is 12.0 Å². The van der Waals surface area contributed by atoms with Gasteiger partial charge >= 0.3 is 0 Å². The van der Waals surface area contributed by atoms with Gasteiger partial charge in [0.2, 0.25) is 0 Å². The number of hydrogen-bond acceptors (Lipinski definition) is 3. The van der Waals surface area contributed by atoms with Gasteiger partial charge in [0.25, 0.3) is 0 Å². The van der Waals surface area contributed by atoms with Gasteiger partial charge in [-0.05, 0) is 24.1 Å². The first kappa shape index (κ1) is 9.21. The fourth-order valence-electron chi connectivity index (χ4n) is 1.78. The molecular formula is C11H13NO2. The molecule has 1 aromatic rings. The van der Waals surface area contributed by atoms with Crippen molar-refractivity contribution in [1.82, 2.24) is 0 Å². The summed E-state index contributed by atoms with van der Waals surface area (Å²) in [5.74, 6) is 0. The van der Waals surface area contributed by atoms with E-state index >= 15 is 0 Å². The molecule has 1 heterocycles. The summed E-state index contributed by atoms with van der Waals surface area (Å²) in [7, 11) is 0. The Balaban J connectivity index is 2.36. The van der Waals surface area contributed by atoms with E-state index in [9.17, 15) is 4.79 Å². The van der Waals surface area contributed by atoms with E-state index < -0.39 is 5.41 Å². The van der Waals surface area contributed by atoms with Crippen molar-refractivity contribution in [3.8, 4) is 0 Å². The monoisotopic (exact) mass is 191 g/mol. The summed E-state index contributed by atoms with van der Waals surface area (Å²) in [5, 5.41) is 0. The number of ether oxygens (including phenoxy) is 1. The zero-order chi connectivity index (χ0) is 10.0. The van der Waals surface area contributed by atoms with Gasteiger partial charge in [0.1, 0.15) is 6.29 Å². The summed E-state index contributed by atoms with van der Waals surface area (Å²) in [6.45, 7) is 1.14. The summed E-state index contributed by atoms with van der Waals surface area (Å²) in [4.78, 5) is 11.1. The van der Waals surface area contributed by atoms with Crippen LogP contribution in [0.3, 0.4) is 0 Å². The average Bonchev–Trinajstić information content (AvgIpc) is 2.68. The van der Waals surface area contributed by atoms with E-state index in [0.29, 0.717) is 18.9 Å². The molecule has 3 heteroatoms. The minimum atomic E-state index is -0.437. The molecule has 0 spiro atoms. The number of nitrogen functional groups attached to an aromatic ring is 1. The smallest absolute Gasteiger partial charge is 0.132 e. The normalized spacial score (nSPS) is 26.3. The molecule has 2 rings (SSSR count). The van der Waals surface area contributed by atoms with Crippen LogP contribution in [0.25, 0.3) is 0 Å². The first-order valence-corrected chi connectivity index (χ1v) is 4.67. The van der Waals surface area contributed by atoms with Crippen LogP contribution in [0, 0.1) is 0 Å². The van der Waals surface area contributed by atoms with E-state index in [1.807, 2.05) is 24.3 Å². The fraction of sp³-hybridized carbons (Fsp3) is 0.364. The van der Waals surface area contributed by atoms with E-state index in [2.05, 4.69) is 0 Å². The van der Waals surface area contributed by atoms with Gasteiger partial charge in [0, 0.05) is 12.3 Å². The molecule has 1 saturated heterocycles. The Labute approximate surface area is 82.9 Å². The lowest BCUT2D eigenvalue weighted by molar-refractivity contribution is -0.112. The second-order valence-electron chi connectivity index (χ2n) is 3.70. The van der Waals surface area contributed by atoms with Gasteiger partial charge in [-0.15, -0.1) is 0 Å². The molecule has 1 fully saturated rings. The second-order valence-corrected chi connectivity index (χ2v) is 3.70. The number of benzene rings is 1. The van der Waals surface area contributed by atoms with Crippen molar-refractivity contribution in [2.45, 2.75) is 11.8 Å². The number of aldehydes is 1. The second kappa shape index (κ2) is 3.42. The molecule has 0 saturated carbocycles. The lowest BCUT2D eigenvalue weighted by atomic mass is 9.81. The molecule has 0 radical (unpaired) electrons. The fourth-order valence-corrected chi connectivity index (χ4v) is 1.78. The van der Waals surface area contributed by atoms with Crippen LogP contribution in [-0.2, 0) is 14.9 Å². The Morgan fingerprint density at radius 3 is 2.57 bits per heavy atom. The van der Waals surface area contributed by atoms with Crippen molar-refractivity contribution in [2.24, 2.45) is 0 Å². The molecule has 1 aliphatic rings. The van der Waals surface area contributed by atoms with E-state index in [1.165, 1.54) is 0 Å². The average molecular weight is 191 g/mol. The Morgan fingerprint density at radius 1 is 1.36 bits per heavy atom. The maximum absolute atomic E-state index is 11.1. The lowest BCUT2D eigenvalue weighted by Crippen LogP contribution is -2.28. The molecule has 1 aromatic carbocycles. The number of carbonyl (C=O) groups excluding carboxylic acids is 1. The van der Waals surface area contributed by atoms with Crippen molar-refractivity contribution in [3.63, 3.8) is 0 Å².